The zero-order valence-electron chi connectivity index (χ0n) is 15.9. The summed E-state index contributed by atoms with van der Waals surface area (Å²) in [7, 11) is 0. The van der Waals surface area contributed by atoms with Gasteiger partial charge in [0.1, 0.15) is 17.4 Å². The SMILES string of the molecule is CCCCC[C@](C)(OCC)C(=O)Nc1ccc(OCCC)c(C#N)c1. The zero-order valence-corrected chi connectivity index (χ0v) is 15.9. The molecule has 1 aromatic rings. The summed E-state index contributed by atoms with van der Waals surface area (Å²) in [5, 5.41) is 12.2. The predicted molar refractivity (Wildman–Crippen MR) is 99.7 cm³/mol. The number of carbonyl (C=O) groups is 1. The van der Waals surface area contributed by atoms with Crippen LogP contribution < -0.4 is 10.1 Å². The lowest BCUT2D eigenvalue weighted by Gasteiger charge is -2.28. The Morgan fingerprint density at radius 1 is 1.24 bits per heavy atom. The minimum absolute atomic E-state index is 0.184. The molecule has 0 unspecified atom stereocenters. The van der Waals surface area contributed by atoms with Crippen LogP contribution in [-0.2, 0) is 9.53 Å². The molecule has 1 atom stereocenters. The average molecular weight is 346 g/mol. The first kappa shape index (κ1) is 21.0. The van der Waals surface area contributed by atoms with E-state index in [0.29, 0.717) is 36.6 Å². The molecular formula is C20H30N2O3. The van der Waals surface area contributed by atoms with Gasteiger partial charge in [0.15, 0.2) is 0 Å². The number of hydrogen-bond donors (Lipinski definition) is 1. The van der Waals surface area contributed by atoms with Crippen molar-refractivity contribution in [2.75, 3.05) is 18.5 Å². The zero-order chi connectivity index (χ0) is 18.7. The largest absolute Gasteiger partial charge is 0.492 e. The van der Waals surface area contributed by atoms with E-state index in [4.69, 9.17) is 9.47 Å². The highest BCUT2D eigenvalue weighted by Gasteiger charge is 2.33. The smallest absolute Gasteiger partial charge is 0.256 e. The Hall–Kier alpha value is -2.06. The van der Waals surface area contributed by atoms with Gasteiger partial charge in [-0.25, -0.2) is 0 Å². The monoisotopic (exact) mass is 346 g/mol. The van der Waals surface area contributed by atoms with Gasteiger partial charge in [-0.1, -0.05) is 33.1 Å². The van der Waals surface area contributed by atoms with Crippen molar-refractivity contribution in [3.63, 3.8) is 0 Å². The maximum absolute atomic E-state index is 12.7. The van der Waals surface area contributed by atoms with Crippen LogP contribution >= 0.6 is 0 Å². The van der Waals surface area contributed by atoms with Crippen molar-refractivity contribution in [2.24, 2.45) is 0 Å². The molecule has 0 fully saturated rings. The minimum Gasteiger partial charge on any atom is -0.492 e. The van der Waals surface area contributed by atoms with Gasteiger partial charge in [0.2, 0.25) is 0 Å². The van der Waals surface area contributed by atoms with E-state index in [1.54, 1.807) is 18.2 Å². The van der Waals surface area contributed by atoms with Gasteiger partial charge in [-0.2, -0.15) is 5.26 Å². The number of nitrogens with one attached hydrogen (secondary N) is 1. The van der Waals surface area contributed by atoms with E-state index in [1.165, 1.54) is 0 Å². The van der Waals surface area contributed by atoms with Gasteiger partial charge in [0.05, 0.1) is 12.2 Å². The summed E-state index contributed by atoms with van der Waals surface area (Å²) in [6, 6.07) is 7.23. The highest BCUT2D eigenvalue weighted by molar-refractivity contribution is 5.97. The molecule has 1 aromatic carbocycles. The molecule has 138 valence electrons. The number of nitriles is 1. The normalized spacial score (nSPS) is 12.9. The van der Waals surface area contributed by atoms with Crippen LogP contribution in [0, 0.1) is 11.3 Å². The van der Waals surface area contributed by atoms with Gasteiger partial charge < -0.3 is 14.8 Å². The summed E-state index contributed by atoms with van der Waals surface area (Å²) >= 11 is 0. The maximum atomic E-state index is 12.7. The number of carbonyl (C=O) groups excluding carboxylic acids is 1. The Morgan fingerprint density at radius 2 is 2.00 bits per heavy atom. The third-order valence-electron chi connectivity index (χ3n) is 4.02. The lowest BCUT2D eigenvalue weighted by atomic mass is 9.96. The number of rotatable bonds is 11. The third kappa shape index (κ3) is 6.39. The van der Waals surface area contributed by atoms with Gasteiger partial charge in [0.25, 0.3) is 5.91 Å². The lowest BCUT2D eigenvalue weighted by molar-refractivity contribution is -0.139. The van der Waals surface area contributed by atoms with Crippen molar-refractivity contribution >= 4 is 11.6 Å². The van der Waals surface area contributed by atoms with Crippen molar-refractivity contribution in [3.8, 4) is 11.8 Å². The van der Waals surface area contributed by atoms with Crippen LogP contribution in [0.3, 0.4) is 0 Å². The van der Waals surface area contributed by atoms with Gasteiger partial charge in [-0.15, -0.1) is 0 Å². The van der Waals surface area contributed by atoms with Crippen LogP contribution in [0.1, 0.15) is 65.4 Å². The third-order valence-corrected chi connectivity index (χ3v) is 4.02. The summed E-state index contributed by atoms with van der Waals surface area (Å²) in [5.74, 6) is 0.356. The van der Waals surface area contributed by atoms with Crippen molar-refractivity contribution < 1.29 is 14.3 Å². The number of hydrogen-bond acceptors (Lipinski definition) is 4. The van der Waals surface area contributed by atoms with Gasteiger partial charge in [-0.05, 0) is 44.9 Å². The van der Waals surface area contributed by atoms with E-state index in [9.17, 15) is 10.1 Å². The van der Waals surface area contributed by atoms with Crippen LogP contribution in [-0.4, -0.2) is 24.7 Å². The molecule has 0 spiro atoms. The second kappa shape index (κ2) is 10.7. The fourth-order valence-corrected chi connectivity index (χ4v) is 2.58. The first-order valence-electron chi connectivity index (χ1n) is 9.13. The Kier molecular flexibility index (Phi) is 9.01. The predicted octanol–water partition coefficient (Wildman–Crippen LogP) is 4.66. The van der Waals surface area contributed by atoms with Gasteiger partial charge in [0, 0.05) is 12.3 Å². The molecule has 0 saturated heterocycles. The highest BCUT2D eigenvalue weighted by atomic mass is 16.5. The number of benzene rings is 1. The Bertz CT molecular complexity index is 595. The van der Waals surface area contributed by atoms with Crippen LogP contribution in [0.2, 0.25) is 0 Å². The van der Waals surface area contributed by atoms with E-state index in [0.717, 1.165) is 25.7 Å². The van der Waals surface area contributed by atoms with E-state index in [2.05, 4.69) is 18.3 Å². The molecule has 5 nitrogen and oxygen atoms in total. The molecule has 0 aliphatic rings. The summed E-state index contributed by atoms with van der Waals surface area (Å²) in [4.78, 5) is 12.7. The van der Waals surface area contributed by atoms with E-state index < -0.39 is 5.60 Å². The quantitative estimate of drug-likeness (QED) is 0.591. The molecule has 0 heterocycles. The Morgan fingerprint density at radius 3 is 2.60 bits per heavy atom. The number of anilines is 1. The fourth-order valence-electron chi connectivity index (χ4n) is 2.58. The number of nitrogens with zero attached hydrogens (tertiary/aromatic N) is 1. The van der Waals surface area contributed by atoms with Crippen molar-refractivity contribution in [1.29, 1.82) is 5.26 Å². The second-order valence-electron chi connectivity index (χ2n) is 6.25. The van der Waals surface area contributed by atoms with Crippen molar-refractivity contribution in [2.45, 2.75) is 65.4 Å². The summed E-state index contributed by atoms with van der Waals surface area (Å²) in [5.41, 5.74) is 0.121. The number of ether oxygens (including phenoxy) is 2. The van der Waals surface area contributed by atoms with E-state index in [1.807, 2.05) is 20.8 Å². The van der Waals surface area contributed by atoms with Gasteiger partial charge >= 0.3 is 0 Å². The average Bonchev–Trinajstić information content (AvgIpc) is 2.60. The van der Waals surface area contributed by atoms with E-state index in [-0.39, 0.29) is 5.91 Å². The maximum Gasteiger partial charge on any atom is 0.256 e. The highest BCUT2D eigenvalue weighted by Crippen LogP contribution is 2.25. The van der Waals surface area contributed by atoms with Gasteiger partial charge in [-0.3, -0.25) is 4.79 Å². The molecule has 1 amide bonds. The molecule has 0 aliphatic carbocycles. The topological polar surface area (TPSA) is 71.3 Å². The first-order valence-corrected chi connectivity index (χ1v) is 9.13. The van der Waals surface area contributed by atoms with Crippen LogP contribution in [0.4, 0.5) is 5.69 Å². The standard InChI is InChI=1S/C20H30N2O3/c1-5-8-9-12-20(4,25-7-3)19(23)22-17-10-11-18(24-13-6-2)16(14-17)15-21/h10-11,14H,5-9,12-13H2,1-4H3,(H,22,23)/t20-/m0/s1. The molecule has 5 heteroatoms. The molecule has 0 aliphatic heterocycles. The van der Waals surface area contributed by atoms with E-state index >= 15 is 0 Å². The first-order chi connectivity index (χ1) is 12.0. The number of amides is 1. The Labute approximate surface area is 151 Å². The summed E-state index contributed by atoms with van der Waals surface area (Å²) in [6.45, 7) is 8.88. The molecule has 0 saturated carbocycles. The summed E-state index contributed by atoms with van der Waals surface area (Å²) in [6.07, 6.45) is 4.64. The molecule has 1 N–H and O–H groups in total. The van der Waals surface area contributed by atoms with Crippen LogP contribution in [0.15, 0.2) is 18.2 Å². The minimum atomic E-state index is -0.867. The molecular weight excluding hydrogens is 316 g/mol. The second-order valence-corrected chi connectivity index (χ2v) is 6.25. The molecule has 0 aromatic heterocycles. The van der Waals surface area contributed by atoms with Crippen LogP contribution in [0.5, 0.6) is 5.75 Å². The Balaban J connectivity index is 2.87. The fraction of sp³-hybridized carbons (Fsp3) is 0.600. The van der Waals surface area contributed by atoms with Crippen LogP contribution in [0.25, 0.3) is 0 Å². The number of unbranched alkanes of at least 4 members (excludes halogenated alkanes) is 2. The van der Waals surface area contributed by atoms with Crippen molar-refractivity contribution in [1.82, 2.24) is 0 Å². The molecule has 0 radical (unpaired) electrons. The lowest BCUT2D eigenvalue weighted by Crippen LogP contribution is -2.42. The molecule has 25 heavy (non-hydrogen) atoms. The summed E-state index contributed by atoms with van der Waals surface area (Å²) < 4.78 is 11.3. The van der Waals surface area contributed by atoms with Crippen molar-refractivity contribution in [3.05, 3.63) is 23.8 Å². The molecule has 1 rings (SSSR count). The molecule has 0 bridgehead atoms.